The Labute approximate surface area is 190 Å². The molecule has 0 spiro atoms. The van der Waals surface area contributed by atoms with Gasteiger partial charge in [-0.1, -0.05) is 0 Å². The Morgan fingerprint density at radius 3 is 1.82 bits per heavy atom. The number of rotatable bonds is 6. The summed E-state index contributed by atoms with van der Waals surface area (Å²) in [5.41, 5.74) is 0. The van der Waals surface area contributed by atoms with Gasteiger partial charge in [0.2, 0.25) is 10.6 Å². The summed E-state index contributed by atoms with van der Waals surface area (Å²) in [6, 6.07) is -0.394. The third-order valence-corrected chi connectivity index (χ3v) is 5.01. The maximum Gasteiger partial charge on any atom is 0.224 e. The topological polar surface area (TPSA) is 113 Å². The molecule has 8 nitrogen and oxygen atoms in total. The first-order valence-electron chi connectivity index (χ1n) is 8.09. The standard InChI is InChI=1S/C8H11BrClN3O.C8H9BrClN3O/c2*1-4(5(2)14)12-7-6(9)3-11-8(10)13-7/h3-5,14H,1-2H3,(H,11,12,13);3-4H,1-2H3,(H,11,12,13). The van der Waals surface area contributed by atoms with Crippen molar-refractivity contribution in [2.75, 3.05) is 10.6 Å². The predicted octanol–water partition coefficient (Wildman–Crippen LogP) is 4.36. The molecule has 0 saturated carbocycles. The molecule has 0 aliphatic carbocycles. The first-order valence-corrected chi connectivity index (χ1v) is 10.4. The maximum atomic E-state index is 11.0. The van der Waals surface area contributed by atoms with Crippen molar-refractivity contribution in [2.24, 2.45) is 0 Å². The van der Waals surface area contributed by atoms with Gasteiger partial charge in [0.05, 0.1) is 27.1 Å². The lowest BCUT2D eigenvalue weighted by Crippen LogP contribution is -2.28. The van der Waals surface area contributed by atoms with Crippen molar-refractivity contribution in [1.29, 1.82) is 0 Å². The lowest BCUT2D eigenvalue weighted by molar-refractivity contribution is -0.117. The Morgan fingerprint density at radius 2 is 1.43 bits per heavy atom. The summed E-state index contributed by atoms with van der Waals surface area (Å²) >= 11 is 17.8. The fourth-order valence-corrected chi connectivity index (χ4v) is 2.41. The molecule has 0 aliphatic heterocycles. The van der Waals surface area contributed by atoms with Gasteiger partial charge in [-0.25, -0.2) is 9.97 Å². The molecule has 28 heavy (non-hydrogen) atoms. The Hall–Kier alpha value is -1.07. The molecule has 0 bridgehead atoms. The highest BCUT2D eigenvalue weighted by Crippen LogP contribution is 2.21. The van der Waals surface area contributed by atoms with Crippen LogP contribution in [0.3, 0.4) is 0 Å². The Morgan fingerprint density at radius 1 is 1.00 bits per heavy atom. The molecule has 2 aromatic rings. The average molecular weight is 559 g/mol. The van der Waals surface area contributed by atoms with Crippen LogP contribution < -0.4 is 10.6 Å². The van der Waals surface area contributed by atoms with Crippen molar-refractivity contribution in [3.05, 3.63) is 31.9 Å². The zero-order chi connectivity index (χ0) is 21.4. The van der Waals surface area contributed by atoms with Crippen molar-refractivity contribution < 1.29 is 9.90 Å². The summed E-state index contributed by atoms with van der Waals surface area (Å²) in [7, 11) is 0. The van der Waals surface area contributed by atoms with Gasteiger partial charge in [-0.05, 0) is 82.8 Å². The lowest BCUT2D eigenvalue weighted by Gasteiger charge is -2.17. The number of Topliss-reactive ketones (excluding diaryl/α,β-unsaturated/α-hetero) is 1. The number of halogens is 4. The minimum absolute atomic E-state index is 0.0339. The van der Waals surface area contributed by atoms with Gasteiger partial charge in [-0.2, -0.15) is 9.97 Å². The average Bonchev–Trinajstić information content (AvgIpc) is 2.61. The highest BCUT2D eigenvalue weighted by molar-refractivity contribution is 9.11. The molecular weight excluding hydrogens is 539 g/mol. The lowest BCUT2D eigenvalue weighted by atomic mass is 10.2. The maximum absolute atomic E-state index is 11.0. The number of ketones is 1. The van der Waals surface area contributed by atoms with Gasteiger partial charge in [0.25, 0.3) is 0 Å². The van der Waals surface area contributed by atoms with Crippen LogP contribution in [0.2, 0.25) is 10.6 Å². The van der Waals surface area contributed by atoms with Crippen LogP contribution in [-0.2, 0) is 4.79 Å². The van der Waals surface area contributed by atoms with Gasteiger partial charge in [0.1, 0.15) is 11.6 Å². The van der Waals surface area contributed by atoms with Gasteiger partial charge >= 0.3 is 0 Å². The summed E-state index contributed by atoms with van der Waals surface area (Å²) in [6.45, 7) is 6.82. The molecule has 0 aromatic carbocycles. The van der Waals surface area contributed by atoms with Crippen LogP contribution in [0.15, 0.2) is 21.3 Å². The molecule has 12 heteroatoms. The van der Waals surface area contributed by atoms with E-state index < -0.39 is 6.10 Å². The Bertz CT molecular complexity index is 813. The second-order valence-corrected chi connectivity index (χ2v) is 8.21. The number of hydrogen-bond acceptors (Lipinski definition) is 8. The van der Waals surface area contributed by atoms with Gasteiger partial charge in [-0.3, -0.25) is 4.79 Å². The molecule has 3 unspecified atom stereocenters. The van der Waals surface area contributed by atoms with Gasteiger partial charge in [0.15, 0.2) is 5.78 Å². The predicted molar refractivity (Wildman–Crippen MR) is 118 cm³/mol. The zero-order valence-corrected chi connectivity index (χ0v) is 20.2. The molecule has 2 rings (SSSR count). The second-order valence-electron chi connectivity index (χ2n) is 5.82. The Kier molecular flexibility index (Phi) is 10.5. The summed E-state index contributed by atoms with van der Waals surface area (Å²) < 4.78 is 1.39. The van der Waals surface area contributed by atoms with Crippen LogP contribution in [-0.4, -0.2) is 49.0 Å². The highest BCUT2D eigenvalue weighted by Gasteiger charge is 2.12. The number of carbonyl (C=O) groups is 1. The van der Waals surface area contributed by atoms with Crippen LogP contribution in [0, 0.1) is 0 Å². The molecule has 0 amide bonds. The minimum atomic E-state index is -0.462. The number of hydrogen-bond donors (Lipinski definition) is 3. The second kappa shape index (κ2) is 11.8. The number of aromatic nitrogens is 4. The summed E-state index contributed by atoms with van der Waals surface area (Å²) in [5, 5.41) is 15.5. The molecule has 2 aromatic heterocycles. The number of nitrogens with one attached hydrogen (secondary N) is 2. The van der Waals surface area contributed by atoms with E-state index in [0.29, 0.717) is 16.1 Å². The fourth-order valence-electron chi connectivity index (χ4n) is 1.54. The van der Waals surface area contributed by atoms with Gasteiger partial charge in [-0.15, -0.1) is 0 Å². The van der Waals surface area contributed by atoms with E-state index >= 15 is 0 Å². The molecule has 0 aliphatic rings. The van der Waals surface area contributed by atoms with Crippen LogP contribution in [0.1, 0.15) is 27.7 Å². The van der Waals surface area contributed by atoms with Crippen molar-refractivity contribution >= 4 is 72.5 Å². The van der Waals surface area contributed by atoms with E-state index in [1.54, 1.807) is 20.0 Å². The first kappa shape index (κ1) is 25.0. The third-order valence-electron chi connectivity index (χ3n) is 3.48. The number of carbonyl (C=O) groups excluding carboxylic acids is 1. The SMILES string of the molecule is CC(=O)C(C)Nc1nc(Cl)ncc1Br.CC(O)C(C)Nc1nc(Cl)ncc1Br. The molecule has 154 valence electrons. The van der Waals surface area contributed by atoms with Crippen molar-refractivity contribution in [2.45, 2.75) is 45.9 Å². The van der Waals surface area contributed by atoms with Crippen molar-refractivity contribution in [3.8, 4) is 0 Å². The molecule has 0 fully saturated rings. The van der Waals surface area contributed by atoms with E-state index in [4.69, 9.17) is 23.2 Å². The van der Waals surface area contributed by atoms with E-state index in [0.717, 1.165) is 4.47 Å². The summed E-state index contributed by atoms with van der Waals surface area (Å²) in [4.78, 5) is 26.5. The number of aliphatic hydroxyl groups is 1. The number of nitrogens with zero attached hydrogens (tertiary/aromatic N) is 4. The largest absolute Gasteiger partial charge is 0.391 e. The molecule has 0 saturated heterocycles. The van der Waals surface area contributed by atoms with Crippen molar-refractivity contribution in [3.63, 3.8) is 0 Å². The van der Waals surface area contributed by atoms with Crippen LogP contribution >= 0.6 is 55.1 Å². The molecule has 3 atom stereocenters. The molecule has 0 radical (unpaired) electrons. The van der Waals surface area contributed by atoms with E-state index in [1.165, 1.54) is 13.1 Å². The van der Waals surface area contributed by atoms with Crippen LogP contribution in [0.5, 0.6) is 0 Å². The minimum Gasteiger partial charge on any atom is -0.391 e. The highest BCUT2D eigenvalue weighted by atomic mass is 79.9. The van der Waals surface area contributed by atoms with E-state index in [2.05, 4.69) is 62.4 Å². The molecule has 2 heterocycles. The smallest absolute Gasteiger partial charge is 0.224 e. The monoisotopic (exact) mass is 556 g/mol. The Balaban J connectivity index is 0.000000280. The molecule has 3 N–H and O–H groups in total. The first-order chi connectivity index (χ1) is 13.0. The summed E-state index contributed by atoms with van der Waals surface area (Å²) in [5.74, 6) is 1.14. The van der Waals surface area contributed by atoms with E-state index in [9.17, 15) is 9.90 Å². The number of anilines is 2. The fraction of sp³-hybridized carbons (Fsp3) is 0.438. The zero-order valence-electron chi connectivity index (χ0n) is 15.5. The third kappa shape index (κ3) is 8.52. The quantitative estimate of drug-likeness (QED) is 0.448. The van der Waals surface area contributed by atoms with Gasteiger partial charge < -0.3 is 15.7 Å². The van der Waals surface area contributed by atoms with Gasteiger partial charge in [0, 0.05) is 12.4 Å². The van der Waals surface area contributed by atoms with E-state index in [-0.39, 0.29) is 28.4 Å². The van der Waals surface area contributed by atoms with Crippen molar-refractivity contribution in [1.82, 2.24) is 19.9 Å². The number of aliphatic hydroxyl groups excluding tert-OH is 1. The van der Waals surface area contributed by atoms with Crippen LogP contribution in [0.4, 0.5) is 11.6 Å². The van der Waals surface area contributed by atoms with E-state index in [1.807, 2.05) is 6.92 Å². The normalized spacial score (nSPS) is 13.6. The molecular formula is C16H20Br2Cl2N6O2. The summed E-state index contributed by atoms with van der Waals surface area (Å²) in [6.07, 6.45) is 2.63. The van der Waals surface area contributed by atoms with Crippen LogP contribution in [0.25, 0.3) is 0 Å².